The number of piperidine rings is 1. The summed E-state index contributed by atoms with van der Waals surface area (Å²) >= 11 is 11.9. The normalized spacial score (nSPS) is 15.7. The minimum absolute atomic E-state index is 0.0642. The highest BCUT2D eigenvalue weighted by Crippen LogP contribution is 2.25. The summed E-state index contributed by atoms with van der Waals surface area (Å²) in [5.41, 5.74) is 0.425. The maximum absolute atomic E-state index is 12.4. The molecule has 2 amide bonds. The van der Waals surface area contributed by atoms with E-state index in [1.807, 2.05) is 0 Å². The molecule has 0 bridgehead atoms. The van der Waals surface area contributed by atoms with Crippen LogP contribution in [0.5, 0.6) is 0 Å². The molecule has 1 aliphatic heterocycles. The molecule has 1 aliphatic rings. The molecule has 1 aromatic carbocycles. The van der Waals surface area contributed by atoms with Crippen LogP contribution in [0.1, 0.15) is 23.2 Å². The lowest BCUT2D eigenvalue weighted by Gasteiger charge is -2.31. The Morgan fingerprint density at radius 3 is 2.55 bits per heavy atom. The van der Waals surface area contributed by atoms with Crippen LogP contribution in [0.3, 0.4) is 0 Å². The lowest BCUT2D eigenvalue weighted by atomic mass is 9.95. The molecule has 0 unspecified atom stereocenters. The first-order chi connectivity index (χ1) is 10.5. The van der Waals surface area contributed by atoms with Crippen molar-refractivity contribution in [3.63, 3.8) is 0 Å². The van der Waals surface area contributed by atoms with Gasteiger partial charge in [0.05, 0.1) is 17.2 Å². The number of hydrogen-bond acceptors (Lipinski definition) is 3. The first-order valence-corrected chi connectivity index (χ1v) is 7.91. The number of rotatable bonds is 4. The molecule has 0 spiro atoms. The van der Waals surface area contributed by atoms with Crippen molar-refractivity contribution < 1.29 is 14.7 Å². The molecule has 0 aliphatic carbocycles. The Morgan fingerprint density at radius 1 is 1.27 bits per heavy atom. The number of nitrogens with one attached hydrogen (secondary N) is 1. The third-order valence-corrected chi connectivity index (χ3v) is 4.27. The van der Waals surface area contributed by atoms with Crippen LogP contribution in [0, 0.1) is 5.92 Å². The third-order valence-electron chi connectivity index (χ3n) is 3.73. The SMILES string of the molecule is O=C(NCCO)C1CCN(C(=O)c2ccc(Cl)cc2Cl)CC1. The van der Waals surface area contributed by atoms with Crippen molar-refractivity contribution in [2.24, 2.45) is 5.92 Å². The fourth-order valence-corrected chi connectivity index (χ4v) is 2.99. The van der Waals surface area contributed by atoms with Crippen LogP contribution < -0.4 is 5.32 Å². The summed E-state index contributed by atoms with van der Waals surface area (Å²) in [5.74, 6) is -0.321. The van der Waals surface area contributed by atoms with Gasteiger partial charge in [0.1, 0.15) is 0 Å². The van der Waals surface area contributed by atoms with Gasteiger partial charge in [0.15, 0.2) is 0 Å². The van der Waals surface area contributed by atoms with Gasteiger partial charge < -0.3 is 15.3 Å². The molecule has 0 saturated carbocycles. The summed E-state index contributed by atoms with van der Waals surface area (Å²) < 4.78 is 0. The van der Waals surface area contributed by atoms with E-state index in [9.17, 15) is 9.59 Å². The van der Waals surface area contributed by atoms with E-state index in [-0.39, 0.29) is 30.9 Å². The third kappa shape index (κ3) is 4.12. The van der Waals surface area contributed by atoms with Crippen molar-refractivity contribution in [2.75, 3.05) is 26.2 Å². The lowest BCUT2D eigenvalue weighted by Crippen LogP contribution is -2.43. The number of nitrogens with zero attached hydrogens (tertiary/aromatic N) is 1. The summed E-state index contributed by atoms with van der Waals surface area (Å²) in [7, 11) is 0. The van der Waals surface area contributed by atoms with Gasteiger partial charge in [-0.3, -0.25) is 9.59 Å². The molecule has 2 N–H and O–H groups in total. The topological polar surface area (TPSA) is 69.6 Å². The van der Waals surface area contributed by atoms with E-state index < -0.39 is 0 Å². The molecule has 2 rings (SSSR count). The smallest absolute Gasteiger partial charge is 0.255 e. The second-order valence-corrected chi connectivity index (χ2v) is 6.05. The first kappa shape index (κ1) is 17.1. The standard InChI is InChI=1S/C15H18Cl2N2O3/c16-11-1-2-12(13(17)9-11)15(22)19-6-3-10(4-7-19)14(21)18-5-8-20/h1-2,9-10,20H,3-8H2,(H,18,21). The summed E-state index contributed by atoms with van der Waals surface area (Å²) in [6.45, 7) is 1.21. The average molecular weight is 345 g/mol. The Kier molecular flexibility index (Phi) is 6.06. The van der Waals surface area contributed by atoms with Crippen LogP contribution >= 0.6 is 23.2 Å². The molecule has 0 radical (unpaired) electrons. The molecule has 1 heterocycles. The van der Waals surface area contributed by atoms with Gasteiger partial charge in [-0.25, -0.2) is 0 Å². The number of carbonyl (C=O) groups is 2. The number of amides is 2. The molecule has 22 heavy (non-hydrogen) atoms. The Balaban J connectivity index is 1.93. The lowest BCUT2D eigenvalue weighted by molar-refractivity contribution is -0.126. The molecule has 7 heteroatoms. The molecular formula is C15H18Cl2N2O3. The predicted octanol–water partition coefficient (Wildman–Crippen LogP) is 1.95. The van der Waals surface area contributed by atoms with Crippen LogP contribution in [0.25, 0.3) is 0 Å². The number of aliphatic hydroxyl groups is 1. The van der Waals surface area contributed by atoms with Gasteiger partial charge in [0.25, 0.3) is 5.91 Å². The van der Waals surface area contributed by atoms with Gasteiger partial charge in [-0.2, -0.15) is 0 Å². The number of likely N-dealkylation sites (tertiary alicyclic amines) is 1. The molecular weight excluding hydrogens is 327 g/mol. The molecule has 0 atom stereocenters. The summed E-state index contributed by atoms with van der Waals surface area (Å²) in [5, 5.41) is 12.2. The van der Waals surface area contributed by atoms with Crippen LogP contribution in [0.4, 0.5) is 0 Å². The highest BCUT2D eigenvalue weighted by molar-refractivity contribution is 6.36. The molecule has 1 aromatic rings. The van der Waals surface area contributed by atoms with Crippen LogP contribution in [0.15, 0.2) is 18.2 Å². The highest BCUT2D eigenvalue weighted by atomic mass is 35.5. The largest absolute Gasteiger partial charge is 0.395 e. The van der Waals surface area contributed by atoms with Gasteiger partial charge in [-0.05, 0) is 31.0 Å². The van der Waals surface area contributed by atoms with Crippen molar-refractivity contribution >= 4 is 35.0 Å². The highest BCUT2D eigenvalue weighted by Gasteiger charge is 2.28. The number of hydrogen-bond donors (Lipinski definition) is 2. The summed E-state index contributed by atoms with van der Waals surface area (Å²) in [6, 6.07) is 4.80. The van der Waals surface area contributed by atoms with Gasteiger partial charge in [-0.15, -0.1) is 0 Å². The second kappa shape index (κ2) is 7.81. The van der Waals surface area contributed by atoms with Gasteiger partial charge in [-0.1, -0.05) is 23.2 Å². The van der Waals surface area contributed by atoms with Gasteiger partial charge in [0.2, 0.25) is 5.91 Å². The number of halogens is 2. The summed E-state index contributed by atoms with van der Waals surface area (Å²) in [6.07, 6.45) is 1.21. The Morgan fingerprint density at radius 2 is 1.95 bits per heavy atom. The van der Waals surface area contributed by atoms with Crippen LogP contribution in [-0.4, -0.2) is 48.1 Å². The molecule has 5 nitrogen and oxygen atoms in total. The number of benzene rings is 1. The molecule has 120 valence electrons. The molecule has 0 aromatic heterocycles. The quantitative estimate of drug-likeness (QED) is 0.876. The van der Waals surface area contributed by atoms with Crippen molar-refractivity contribution in [3.05, 3.63) is 33.8 Å². The summed E-state index contributed by atoms with van der Waals surface area (Å²) in [4.78, 5) is 26.0. The minimum atomic E-state index is -0.143. The average Bonchev–Trinajstić information content (AvgIpc) is 2.52. The fraction of sp³-hybridized carbons (Fsp3) is 0.467. The van der Waals surface area contributed by atoms with E-state index in [2.05, 4.69) is 5.32 Å². The van der Waals surface area contributed by atoms with E-state index in [4.69, 9.17) is 28.3 Å². The monoisotopic (exact) mass is 344 g/mol. The minimum Gasteiger partial charge on any atom is -0.395 e. The zero-order valence-corrected chi connectivity index (χ0v) is 13.5. The van der Waals surface area contributed by atoms with E-state index in [0.717, 1.165) is 0 Å². The Hall–Kier alpha value is -1.30. The van der Waals surface area contributed by atoms with E-state index >= 15 is 0 Å². The maximum atomic E-state index is 12.4. The maximum Gasteiger partial charge on any atom is 0.255 e. The second-order valence-electron chi connectivity index (χ2n) is 5.21. The number of aliphatic hydroxyl groups excluding tert-OH is 1. The van der Waals surface area contributed by atoms with Gasteiger partial charge in [0, 0.05) is 30.6 Å². The predicted molar refractivity (Wildman–Crippen MR) is 85.2 cm³/mol. The van der Waals surface area contributed by atoms with Crippen LogP contribution in [0.2, 0.25) is 10.0 Å². The fourth-order valence-electron chi connectivity index (χ4n) is 2.50. The zero-order chi connectivity index (χ0) is 16.1. The Labute approximate surface area is 139 Å². The van der Waals surface area contributed by atoms with E-state index in [0.29, 0.717) is 41.5 Å². The first-order valence-electron chi connectivity index (χ1n) is 7.16. The zero-order valence-electron chi connectivity index (χ0n) is 12.0. The van der Waals surface area contributed by atoms with Gasteiger partial charge >= 0.3 is 0 Å². The van der Waals surface area contributed by atoms with E-state index in [1.54, 1.807) is 23.1 Å². The van der Waals surface area contributed by atoms with Crippen molar-refractivity contribution in [1.29, 1.82) is 0 Å². The van der Waals surface area contributed by atoms with Crippen LogP contribution in [-0.2, 0) is 4.79 Å². The number of carbonyl (C=O) groups excluding carboxylic acids is 2. The molecule has 1 fully saturated rings. The van der Waals surface area contributed by atoms with Crippen molar-refractivity contribution in [1.82, 2.24) is 10.2 Å². The van der Waals surface area contributed by atoms with Crippen molar-refractivity contribution in [2.45, 2.75) is 12.8 Å². The van der Waals surface area contributed by atoms with E-state index in [1.165, 1.54) is 0 Å². The van der Waals surface area contributed by atoms with Crippen molar-refractivity contribution in [3.8, 4) is 0 Å². The Bertz CT molecular complexity index is 558. The molecule has 1 saturated heterocycles.